The fourth-order valence-electron chi connectivity index (χ4n) is 6.97. The van der Waals surface area contributed by atoms with E-state index in [1.165, 1.54) is 55.6 Å². The van der Waals surface area contributed by atoms with Gasteiger partial charge in [-0.2, -0.15) is 0 Å². The molecule has 0 N–H and O–H groups in total. The average Bonchev–Trinajstić information content (AvgIpc) is 3.50. The molecule has 0 bridgehead atoms. The summed E-state index contributed by atoms with van der Waals surface area (Å²) in [5.74, 6) is 0. The Hall–Kier alpha value is -5.53. The molecule has 228 valence electrons. The van der Waals surface area contributed by atoms with Gasteiger partial charge in [0.2, 0.25) is 0 Å². The molecule has 0 spiro atoms. The lowest BCUT2D eigenvalue weighted by atomic mass is 9.84. The number of aliphatic imine (C=N–C) groups is 1. The van der Waals surface area contributed by atoms with Crippen molar-refractivity contribution in [3.05, 3.63) is 191 Å². The third-order valence-corrected chi connectivity index (χ3v) is 9.67. The third kappa shape index (κ3) is 5.70. The molecule has 0 unspecified atom stereocenters. The summed E-state index contributed by atoms with van der Waals surface area (Å²) in [7, 11) is 0. The lowest BCUT2D eigenvalue weighted by molar-refractivity contribution is 1.22. The second-order valence-corrected chi connectivity index (χ2v) is 12.6. The molecule has 1 aliphatic rings. The molecule has 7 rings (SSSR count). The van der Waals surface area contributed by atoms with Gasteiger partial charge in [-0.15, -0.1) is 0 Å². The van der Waals surface area contributed by atoms with Crippen LogP contribution in [-0.2, 0) is 6.42 Å². The van der Waals surface area contributed by atoms with E-state index in [1.807, 2.05) is 12.1 Å². The zero-order valence-corrected chi connectivity index (χ0v) is 27.6. The van der Waals surface area contributed by atoms with Crippen molar-refractivity contribution in [2.24, 2.45) is 4.99 Å². The van der Waals surface area contributed by atoms with Gasteiger partial charge in [-0.3, -0.25) is 4.99 Å². The van der Waals surface area contributed by atoms with Gasteiger partial charge in [0.25, 0.3) is 0 Å². The number of benzene rings is 6. The van der Waals surface area contributed by atoms with Crippen LogP contribution in [0, 0.1) is 13.8 Å². The Kier molecular flexibility index (Phi) is 8.14. The van der Waals surface area contributed by atoms with Crippen LogP contribution in [0.4, 0.5) is 0 Å². The summed E-state index contributed by atoms with van der Waals surface area (Å²) >= 11 is 0. The van der Waals surface area contributed by atoms with E-state index in [2.05, 4.69) is 162 Å². The van der Waals surface area contributed by atoms with E-state index in [0.717, 1.165) is 45.7 Å². The standard InChI is InChI=1S/C46H39N/c1-30-16-12-14-22-40(30)45-33(4)42-28-39-21-13-15-23-41(39)44(42)29-43(45)37-24-26-38(27-25-37)46(47-34(5)36-19-10-7-11-20-36)32(3)31(2)35-17-8-6-9-18-35/h6-27,29H,2,28H2,1,3-5H3/b46-32-,47-34+. The van der Waals surface area contributed by atoms with Crippen molar-refractivity contribution in [1.82, 2.24) is 0 Å². The van der Waals surface area contributed by atoms with Crippen LogP contribution in [0.2, 0.25) is 0 Å². The summed E-state index contributed by atoms with van der Waals surface area (Å²) in [5, 5.41) is 0. The van der Waals surface area contributed by atoms with Crippen LogP contribution in [-0.4, -0.2) is 5.71 Å². The number of hydrogen-bond donors (Lipinski definition) is 0. The van der Waals surface area contributed by atoms with Crippen LogP contribution in [0.1, 0.15) is 52.8 Å². The maximum absolute atomic E-state index is 5.26. The molecule has 1 aliphatic carbocycles. The van der Waals surface area contributed by atoms with Crippen molar-refractivity contribution in [1.29, 1.82) is 0 Å². The highest BCUT2D eigenvalue weighted by Crippen LogP contribution is 2.47. The Balaban J connectivity index is 1.39. The first-order chi connectivity index (χ1) is 22.9. The van der Waals surface area contributed by atoms with Gasteiger partial charge in [-0.05, 0) is 118 Å². The highest BCUT2D eigenvalue weighted by Gasteiger charge is 2.25. The zero-order valence-electron chi connectivity index (χ0n) is 27.6. The van der Waals surface area contributed by atoms with Crippen molar-refractivity contribution in [3.8, 4) is 33.4 Å². The van der Waals surface area contributed by atoms with Crippen LogP contribution in [0.15, 0.2) is 157 Å². The quantitative estimate of drug-likeness (QED) is 0.127. The number of hydrogen-bond acceptors (Lipinski definition) is 1. The van der Waals surface area contributed by atoms with Gasteiger partial charge in [0.15, 0.2) is 0 Å². The van der Waals surface area contributed by atoms with E-state index in [1.54, 1.807) is 0 Å². The molecule has 0 radical (unpaired) electrons. The monoisotopic (exact) mass is 605 g/mol. The minimum Gasteiger partial charge on any atom is -0.252 e. The van der Waals surface area contributed by atoms with E-state index in [9.17, 15) is 0 Å². The highest BCUT2D eigenvalue weighted by molar-refractivity contribution is 6.03. The second-order valence-electron chi connectivity index (χ2n) is 12.6. The molecule has 0 atom stereocenters. The first kappa shape index (κ1) is 30.1. The molecular weight excluding hydrogens is 567 g/mol. The zero-order chi connectivity index (χ0) is 32.5. The summed E-state index contributed by atoms with van der Waals surface area (Å²) < 4.78 is 0. The largest absolute Gasteiger partial charge is 0.252 e. The number of aryl methyl sites for hydroxylation is 1. The van der Waals surface area contributed by atoms with Crippen molar-refractivity contribution in [2.75, 3.05) is 0 Å². The maximum Gasteiger partial charge on any atom is 0.0740 e. The van der Waals surface area contributed by atoms with E-state index in [4.69, 9.17) is 4.99 Å². The Morgan fingerprint density at radius 3 is 1.85 bits per heavy atom. The molecular formula is C46H39N. The Bertz CT molecular complexity index is 2180. The third-order valence-electron chi connectivity index (χ3n) is 9.67. The van der Waals surface area contributed by atoms with Crippen LogP contribution in [0.3, 0.4) is 0 Å². The van der Waals surface area contributed by atoms with Gasteiger partial charge in [-0.25, -0.2) is 0 Å². The number of allylic oxidation sites excluding steroid dienone is 2. The van der Waals surface area contributed by atoms with Crippen molar-refractivity contribution < 1.29 is 0 Å². The van der Waals surface area contributed by atoms with E-state index >= 15 is 0 Å². The lowest BCUT2D eigenvalue weighted by Gasteiger charge is -2.20. The smallest absolute Gasteiger partial charge is 0.0740 e. The van der Waals surface area contributed by atoms with Crippen molar-refractivity contribution in [2.45, 2.75) is 34.1 Å². The predicted molar refractivity (Wildman–Crippen MR) is 202 cm³/mol. The van der Waals surface area contributed by atoms with E-state index in [-0.39, 0.29) is 0 Å². The molecule has 0 saturated carbocycles. The summed E-state index contributed by atoms with van der Waals surface area (Å²) in [5.41, 5.74) is 20.5. The number of nitrogens with zero attached hydrogens (tertiary/aromatic N) is 1. The second kappa shape index (κ2) is 12.7. The van der Waals surface area contributed by atoms with Crippen LogP contribution < -0.4 is 0 Å². The molecule has 0 amide bonds. The van der Waals surface area contributed by atoms with Gasteiger partial charge >= 0.3 is 0 Å². The minimum atomic E-state index is 0.935. The van der Waals surface area contributed by atoms with Gasteiger partial charge in [0.05, 0.1) is 5.70 Å². The predicted octanol–water partition coefficient (Wildman–Crippen LogP) is 12.2. The molecule has 0 heterocycles. The fourth-order valence-corrected chi connectivity index (χ4v) is 6.97. The SMILES string of the molecule is C=C(/C(C)=C(\N=C(/C)c1ccccc1)c1ccc(-c2cc3c(c(C)c2-c2ccccc2C)Cc2ccccc2-3)cc1)c1ccccc1. The van der Waals surface area contributed by atoms with Crippen LogP contribution >= 0.6 is 0 Å². The van der Waals surface area contributed by atoms with E-state index < -0.39 is 0 Å². The minimum absolute atomic E-state index is 0.935. The molecule has 6 aromatic carbocycles. The van der Waals surface area contributed by atoms with Gasteiger partial charge in [-0.1, -0.05) is 140 Å². The maximum atomic E-state index is 5.26. The van der Waals surface area contributed by atoms with Gasteiger partial charge in [0.1, 0.15) is 0 Å². The van der Waals surface area contributed by atoms with Crippen molar-refractivity contribution >= 4 is 17.0 Å². The summed E-state index contributed by atoms with van der Waals surface area (Å²) in [6.45, 7) is 13.3. The van der Waals surface area contributed by atoms with Crippen molar-refractivity contribution in [3.63, 3.8) is 0 Å². The fraction of sp³-hybridized carbons (Fsp3) is 0.109. The highest BCUT2D eigenvalue weighted by atomic mass is 14.8. The molecule has 6 aromatic rings. The molecule has 0 saturated heterocycles. The Morgan fingerprint density at radius 2 is 1.17 bits per heavy atom. The van der Waals surface area contributed by atoms with E-state index in [0.29, 0.717) is 0 Å². The number of rotatable bonds is 7. The topological polar surface area (TPSA) is 12.4 Å². The molecule has 0 aliphatic heterocycles. The van der Waals surface area contributed by atoms with Crippen LogP contribution in [0.25, 0.3) is 44.7 Å². The van der Waals surface area contributed by atoms with Gasteiger partial charge < -0.3 is 0 Å². The summed E-state index contributed by atoms with van der Waals surface area (Å²) in [6.07, 6.45) is 0.979. The lowest BCUT2D eigenvalue weighted by Crippen LogP contribution is -1.99. The van der Waals surface area contributed by atoms with Gasteiger partial charge in [0, 0.05) is 11.3 Å². The Labute approximate surface area is 279 Å². The normalized spacial score (nSPS) is 12.7. The number of fused-ring (bicyclic) bond motifs is 3. The molecule has 0 fully saturated rings. The first-order valence-electron chi connectivity index (χ1n) is 16.4. The summed E-state index contributed by atoms with van der Waals surface area (Å²) in [6, 6.07) is 49.8. The summed E-state index contributed by atoms with van der Waals surface area (Å²) in [4.78, 5) is 5.26. The molecule has 47 heavy (non-hydrogen) atoms. The Morgan fingerprint density at radius 1 is 0.574 bits per heavy atom. The average molecular weight is 606 g/mol. The first-order valence-corrected chi connectivity index (χ1v) is 16.4. The molecule has 1 nitrogen and oxygen atoms in total. The molecule has 0 aromatic heterocycles. The van der Waals surface area contributed by atoms with Crippen LogP contribution in [0.5, 0.6) is 0 Å². The molecule has 1 heteroatoms.